The molecule has 0 spiro atoms. The molecule has 132 valence electrons. The van der Waals surface area contributed by atoms with E-state index in [0.29, 0.717) is 12.2 Å². The molecule has 0 bridgehead atoms. The van der Waals surface area contributed by atoms with Gasteiger partial charge in [-0.2, -0.15) is 4.98 Å². The van der Waals surface area contributed by atoms with E-state index in [-0.39, 0.29) is 18.4 Å². The van der Waals surface area contributed by atoms with Crippen LogP contribution in [-0.4, -0.2) is 17.1 Å². The number of ether oxygens (including phenoxy) is 1. The summed E-state index contributed by atoms with van der Waals surface area (Å²) in [7, 11) is 1.75. The number of benzene rings is 1. The second-order valence-corrected chi connectivity index (χ2v) is 5.76. The van der Waals surface area contributed by atoms with E-state index < -0.39 is 0 Å². The number of hydrogen-bond acceptors (Lipinski definition) is 5. The topological polar surface area (TPSA) is 87.0 Å². The number of nitrogens with zero attached hydrogens (tertiary/aromatic N) is 2. The van der Waals surface area contributed by atoms with Gasteiger partial charge in [-0.05, 0) is 29.5 Å². The first-order valence-corrected chi connectivity index (χ1v) is 8.14. The lowest BCUT2D eigenvalue weighted by Crippen LogP contribution is -2.05. The molecule has 4 N–H and O–H groups in total. The number of rotatable bonds is 7. The zero-order valence-electron chi connectivity index (χ0n) is 14.6. The summed E-state index contributed by atoms with van der Waals surface area (Å²) < 4.78 is 5.66. The summed E-state index contributed by atoms with van der Waals surface area (Å²) >= 11 is 0. The Morgan fingerprint density at radius 3 is 2.04 bits per heavy atom. The highest BCUT2D eigenvalue weighted by Gasteiger charge is 2.12. The first-order chi connectivity index (χ1) is 11.1. The summed E-state index contributed by atoms with van der Waals surface area (Å²) in [6, 6.07) is 4.41. The number of aromatic nitrogens is 2. The van der Waals surface area contributed by atoms with E-state index in [0.717, 1.165) is 37.0 Å². The molecule has 0 saturated carbocycles. The number of anilines is 2. The van der Waals surface area contributed by atoms with Crippen LogP contribution in [0.3, 0.4) is 0 Å². The van der Waals surface area contributed by atoms with E-state index in [1.54, 1.807) is 13.3 Å². The molecule has 2 rings (SSSR count). The first kappa shape index (κ1) is 20.0. The number of hydrogen-bond donors (Lipinski definition) is 2. The third-order valence-corrected chi connectivity index (χ3v) is 3.86. The molecule has 0 radical (unpaired) electrons. The number of methoxy groups -OCH3 is 1. The van der Waals surface area contributed by atoms with Crippen LogP contribution in [0.5, 0.6) is 5.75 Å². The summed E-state index contributed by atoms with van der Waals surface area (Å²) in [5, 5.41) is 0. The minimum atomic E-state index is 0. The quantitative estimate of drug-likeness (QED) is 0.797. The number of aryl methyl sites for hydroxylation is 2. The maximum absolute atomic E-state index is 5.96. The van der Waals surface area contributed by atoms with E-state index in [4.69, 9.17) is 16.2 Å². The molecule has 1 aromatic carbocycles. The molecule has 2 aromatic rings. The summed E-state index contributed by atoms with van der Waals surface area (Å²) in [5.41, 5.74) is 16.1. The van der Waals surface area contributed by atoms with Crippen molar-refractivity contribution in [3.8, 4) is 5.75 Å². The Labute approximate surface area is 150 Å². The molecule has 1 aromatic heterocycles. The molecule has 0 unspecified atom stereocenters. The lowest BCUT2D eigenvalue weighted by Gasteiger charge is -2.16. The van der Waals surface area contributed by atoms with E-state index in [2.05, 4.69) is 35.9 Å². The molecule has 24 heavy (non-hydrogen) atoms. The number of nitrogen functional groups attached to an aromatic ring is 2. The van der Waals surface area contributed by atoms with Crippen LogP contribution in [0.2, 0.25) is 0 Å². The van der Waals surface area contributed by atoms with Crippen LogP contribution in [0.1, 0.15) is 48.9 Å². The van der Waals surface area contributed by atoms with Gasteiger partial charge < -0.3 is 16.2 Å². The zero-order valence-corrected chi connectivity index (χ0v) is 15.4. The monoisotopic (exact) mass is 350 g/mol. The SMILES string of the molecule is CCCc1cc(Cc2cnc(N)nc2N)cc(CCC)c1OC.Cl. The number of halogens is 1. The standard InChI is InChI=1S/C18H26N4O.ClH/c1-4-6-13-8-12(9-14(7-5-2)16(13)23-3)10-15-11-21-18(20)22-17(15)19;/h8-9,11H,4-7,10H2,1-3H3,(H4,19,20,21,22);1H. The predicted molar refractivity (Wildman–Crippen MR) is 102 cm³/mol. The summed E-state index contributed by atoms with van der Waals surface area (Å²) in [6.45, 7) is 4.36. The Hall–Kier alpha value is -2.01. The maximum Gasteiger partial charge on any atom is 0.221 e. The van der Waals surface area contributed by atoms with Crippen LogP contribution in [0.4, 0.5) is 11.8 Å². The van der Waals surface area contributed by atoms with Gasteiger partial charge in [-0.25, -0.2) is 4.98 Å². The maximum atomic E-state index is 5.96. The van der Waals surface area contributed by atoms with E-state index >= 15 is 0 Å². The van der Waals surface area contributed by atoms with Gasteiger partial charge in [0, 0.05) is 18.2 Å². The molecular formula is C18H27ClN4O. The normalized spacial score (nSPS) is 10.3. The highest BCUT2D eigenvalue weighted by molar-refractivity contribution is 5.85. The van der Waals surface area contributed by atoms with Gasteiger partial charge in [0.15, 0.2) is 0 Å². The first-order valence-electron chi connectivity index (χ1n) is 8.14. The Morgan fingerprint density at radius 2 is 1.58 bits per heavy atom. The third kappa shape index (κ3) is 4.74. The van der Waals surface area contributed by atoms with Crippen molar-refractivity contribution in [3.05, 3.63) is 40.6 Å². The highest BCUT2D eigenvalue weighted by atomic mass is 35.5. The molecule has 0 amide bonds. The Balaban J connectivity index is 0.00000288. The number of nitrogens with two attached hydrogens (primary N) is 2. The van der Waals surface area contributed by atoms with Gasteiger partial charge in [-0.1, -0.05) is 38.8 Å². The van der Waals surface area contributed by atoms with Gasteiger partial charge >= 0.3 is 0 Å². The van der Waals surface area contributed by atoms with E-state index in [1.807, 2.05) is 0 Å². The van der Waals surface area contributed by atoms with Crippen molar-refractivity contribution in [1.29, 1.82) is 0 Å². The van der Waals surface area contributed by atoms with Crippen LogP contribution in [0.15, 0.2) is 18.3 Å². The fourth-order valence-corrected chi connectivity index (χ4v) is 2.89. The van der Waals surface area contributed by atoms with Crippen molar-refractivity contribution in [2.75, 3.05) is 18.6 Å². The Kier molecular flexibility index (Phi) is 7.79. The van der Waals surface area contributed by atoms with Crippen LogP contribution in [0.25, 0.3) is 0 Å². The molecule has 0 aliphatic heterocycles. The molecule has 0 atom stereocenters. The fourth-order valence-electron chi connectivity index (χ4n) is 2.89. The molecule has 0 aliphatic rings. The summed E-state index contributed by atoms with van der Waals surface area (Å²) in [6.07, 6.45) is 6.57. The summed E-state index contributed by atoms with van der Waals surface area (Å²) in [4.78, 5) is 8.09. The average Bonchev–Trinajstić information content (AvgIpc) is 2.51. The van der Waals surface area contributed by atoms with E-state index in [1.165, 1.54) is 16.7 Å². The molecule has 0 saturated heterocycles. The molecular weight excluding hydrogens is 324 g/mol. The molecule has 1 heterocycles. The Bertz CT molecular complexity index is 649. The average molecular weight is 351 g/mol. The van der Waals surface area contributed by atoms with Gasteiger partial charge in [0.2, 0.25) is 5.95 Å². The van der Waals surface area contributed by atoms with Crippen molar-refractivity contribution in [2.45, 2.75) is 46.0 Å². The van der Waals surface area contributed by atoms with Gasteiger partial charge in [-0.15, -0.1) is 12.4 Å². The van der Waals surface area contributed by atoms with Crippen molar-refractivity contribution in [3.63, 3.8) is 0 Å². The van der Waals surface area contributed by atoms with Crippen molar-refractivity contribution < 1.29 is 4.74 Å². The second-order valence-electron chi connectivity index (χ2n) is 5.76. The van der Waals surface area contributed by atoms with Gasteiger partial charge in [0.25, 0.3) is 0 Å². The van der Waals surface area contributed by atoms with Gasteiger partial charge in [0.05, 0.1) is 7.11 Å². The van der Waals surface area contributed by atoms with Crippen molar-refractivity contribution >= 4 is 24.2 Å². The van der Waals surface area contributed by atoms with Crippen molar-refractivity contribution in [2.24, 2.45) is 0 Å². The van der Waals surface area contributed by atoms with Crippen LogP contribution in [0, 0.1) is 0 Å². The largest absolute Gasteiger partial charge is 0.496 e. The zero-order chi connectivity index (χ0) is 16.8. The molecule has 0 aliphatic carbocycles. The van der Waals surface area contributed by atoms with Crippen LogP contribution < -0.4 is 16.2 Å². The van der Waals surface area contributed by atoms with E-state index in [9.17, 15) is 0 Å². The highest BCUT2D eigenvalue weighted by Crippen LogP contribution is 2.29. The third-order valence-electron chi connectivity index (χ3n) is 3.86. The van der Waals surface area contributed by atoms with Crippen LogP contribution in [-0.2, 0) is 19.3 Å². The summed E-state index contributed by atoms with van der Waals surface area (Å²) in [5.74, 6) is 1.68. The lowest BCUT2D eigenvalue weighted by atomic mass is 9.95. The fraction of sp³-hybridized carbons (Fsp3) is 0.444. The Morgan fingerprint density at radius 1 is 1.00 bits per heavy atom. The van der Waals surface area contributed by atoms with Crippen molar-refractivity contribution in [1.82, 2.24) is 9.97 Å². The molecule has 6 heteroatoms. The minimum absolute atomic E-state index is 0. The molecule has 0 fully saturated rings. The minimum Gasteiger partial charge on any atom is -0.496 e. The smallest absolute Gasteiger partial charge is 0.221 e. The van der Waals surface area contributed by atoms with Crippen LogP contribution >= 0.6 is 12.4 Å². The van der Waals surface area contributed by atoms with Gasteiger partial charge in [-0.3, -0.25) is 0 Å². The molecule has 5 nitrogen and oxygen atoms in total. The second kappa shape index (κ2) is 9.33. The van der Waals surface area contributed by atoms with Gasteiger partial charge in [0.1, 0.15) is 11.6 Å². The predicted octanol–water partition coefficient (Wildman–Crippen LogP) is 3.57. The lowest BCUT2D eigenvalue weighted by molar-refractivity contribution is 0.403.